The second-order valence-electron chi connectivity index (χ2n) is 5.05. The summed E-state index contributed by atoms with van der Waals surface area (Å²) in [6.07, 6.45) is 3.39. The summed E-state index contributed by atoms with van der Waals surface area (Å²) < 4.78 is 0. The van der Waals surface area contributed by atoms with Crippen LogP contribution >= 0.6 is 35.0 Å². The lowest BCUT2D eigenvalue weighted by Crippen LogP contribution is -1.98. The summed E-state index contributed by atoms with van der Waals surface area (Å²) in [5.41, 5.74) is 5.63. The summed E-state index contributed by atoms with van der Waals surface area (Å²) in [6.45, 7) is 2.07. The molecule has 24 heavy (non-hydrogen) atoms. The number of anilines is 1. The maximum atomic E-state index is 6.15. The summed E-state index contributed by atoms with van der Waals surface area (Å²) in [5, 5.41) is 7.61. The zero-order valence-corrected chi connectivity index (χ0v) is 15.4. The fourth-order valence-electron chi connectivity index (χ4n) is 2.38. The number of fused-ring (bicyclic) bond motifs is 1. The molecule has 1 heterocycles. The highest BCUT2D eigenvalue weighted by molar-refractivity contribution is 7.98. The molecule has 3 rings (SSSR count). The van der Waals surface area contributed by atoms with Gasteiger partial charge in [-0.15, -0.1) is 0 Å². The summed E-state index contributed by atoms with van der Waals surface area (Å²) >= 11 is 13.7. The summed E-state index contributed by atoms with van der Waals surface area (Å²) in [5.74, 6) is 0. The van der Waals surface area contributed by atoms with Gasteiger partial charge < -0.3 is 0 Å². The Bertz CT molecular complexity index is 899. The Morgan fingerprint density at radius 1 is 1.08 bits per heavy atom. The molecule has 7 heteroatoms. The van der Waals surface area contributed by atoms with Gasteiger partial charge in [-0.3, -0.25) is 5.43 Å². The molecule has 0 radical (unpaired) electrons. The fourth-order valence-corrected chi connectivity index (χ4v) is 3.33. The smallest absolute Gasteiger partial charge is 0.190 e. The number of aryl methyl sites for hydroxylation is 1. The molecule has 0 aliphatic carbocycles. The molecule has 0 spiro atoms. The van der Waals surface area contributed by atoms with Crippen LogP contribution in [0.25, 0.3) is 10.8 Å². The van der Waals surface area contributed by atoms with Crippen LogP contribution in [0.5, 0.6) is 0 Å². The van der Waals surface area contributed by atoms with E-state index in [1.807, 2.05) is 24.5 Å². The molecule has 0 saturated heterocycles. The molecular weight excluding hydrogens is 363 g/mol. The maximum absolute atomic E-state index is 6.15. The molecule has 0 fully saturated rings. The number of benzene rings is 2. The Hall–Kier alpha value is -1.82. The van der Waals surface area contributed by atoms with Crippen molar-refractivity contribution in [1.82, 2.24) is 9.97 Å². The van der Waals surface area contributed by atoms with Gasteiger partial charge in [-0.1, -0.05) is 65.3 Å². The van der Waals surface area contributed by atoms with Gasteiger partial charge >= 0.3 is 0 Å². The molecule has 1 aromatic heterocycles. The lowest BCUT2D eigenvalue weighted by atomic mass is 10.0. The molecule has 0 aliphatic rings. The van der Waals surface area contributed by atoms with Crippen LogP contribution < -0.4 is 5.43 Å². The van der Waals surface area contributed by atoms with Crippen molar-refractivity contribution in [3.63, 3.8) is 0 Å². The van der Waals surface area contributed by atoms with Gasteiger partial charge in [-0.05, 0) is 30.2 Å². The van der Waals surface area contributed by atoms with Gasteiger partial charge in [0.1, 0.15) is 10.3 Å². The number of hydrogen-bond donors (Lipinski definition) is 1. The number of rotatable bonds is 4. The predicted octanol–water partition coefficient (Wildman–Crippen LogP) is 5.41. The van der Waals surface area contributed by atoms with Crippen LogP contribution in [-0.2, 0) is 0 Å². The number of halogens is 2. The van der Waals surface area contributed by atoms with Crippen LogP contribution in [0.2, 0.25) is 10.3 Å². The Kier molecular flexibility index (Phi) is 5.23. The summed E-state index contributed by atoms with van der Waals surface area (Å²) in [7, 11) is 0. The minimum absolute atomic E-state index is 0.277. The zero-order valence-electron chi connectivity index (χ0n) is 13.0. The topological polar surface area (TPSA) is 50.2 Å². The lowest BCUT2D eigenvalue weighted by molar-refractivity contribution is 0.968. The van der Waals surface area contributed by atoms with Crippen molar-refractivity contribution in [1.29, 1.82) is 0 Å². The fraction of sp³-hybridized carbons (Fsp3) is 0.118. The number of hydrogen-bond acceptors (Lipinski definition) is 5. The van der Waals surface area contributed by atoms with Crippen molar-refractivity contribution in [2.45, 2.75) is 12.1 Å². The predicted molar refractivity (Wildman–Crippen MR) is 104 cm³/mol. The van der Waals surface area contributed by atoms with Gasteiger partial charge in [0, 0.05) is 5.39 Å². The minimum atomic E-state index is 0.277. The summed E-state index contributed by atoms with van der Waals surface area (Å²) in [4.78, 5) is 8.31. The average molecular weight is 377 g/mol. The normalized spacial score (nSPS) is 11.3. The minimum Gasteiger partial charge on any atom is -0.278 e. The van der Waals surface area contributed by atoms with Crippen molar-refractivity contribution < 1.29 is 0 Å². The largest absolute Gasteiger partial charge is 0.278 e. The first kappa shape index (κ1) is 17.0. The molecule has 0 aliphatic heterocycles. The number of aromatic nitrogens is 2. The van der Waals surface area contributed by atoms with Crippen LogP contribution in [0, 0.1) is 6.92 Å². The second-order valence-corrected chi connectivity index (χ2v) is 6.54. The molecule has 0 bridgehead atoms. The highest BCUT2D eigenvalue weighted by Crippen LogP contribution is 2.27. The zero-order chi connectivity index (χ0) is 17.1. The molecule has 0 unspecified atom stereocenters. The molecule has 0 atom stereocenters. The van der Waals surface area contributed by atoms with Gasteiger partial charge in [-0.2, -0.15) is 5.10 Å². The quantitative estimate of drug-likeness (QED) is 0.217. The molecule has 0 amide bonds. The van der Waals surface area contributed by atoms with Crippen LogP contribution in [0.3, 0.4) is 0 Å². The van der Waals surface area contributed by atoms with Crippen molar-refractivity contribution in [3.8, 4) is 0 Å². The number of nitrogens with zero attached hydrogens (tertiary/aromatic N) is 3. The van der Waals surface area contributed by atoms with Crippen molar-refractivity contribution in [3.05, 3.63) is 57.8 Å². The Balaban J connectivity index is 1.91. The van der Waals surface area contributed by atoms with E-state index in [9.17, 15) is 0 Å². The number of hydrazone groups is 1. The standard InChI is InChI=1S/C17H14Cl2N4S/c1-10-5-3-6-11-7-4-8-13(14(10)11)23-20-9-12-15(18)21-17(24-2)22-16(12)19/h3-9,23H,1-2H3/b20-9+. The summed E-state index contributed by atoms with van der Waals surface area (Å²) in [6, 6.07) is 12.2. The van der Waals surface area contributed by atoms with E-state index in [0.29, 0.717) is 10.7 Å². The van der Waals surface area contributed by atoms with Gasteiger partial charge in [0.05, 0.1) is 17.5 Å². The van der Waals surface area contributed by atoms with Crippen LogP contribution in [-0.4, -0.2) is 22.4 Å². The van der Waals surface area contributed by atoms with Gasteiger partial charge in [0.15, 0.2) is 5.16 Å². The molecule has 4 nitrogen and oxygen atoms in total. The third kappa shape index (κ3) is 3.48. The van der Waals surface area contributed by atoms with E-state index in [2.05, 4.69) is 45.6 Å². The molecule has 0 saturated carbocycles. The van der Waals surface area contributed by atoms with E-state index < -0.39 is 0 Å². The third-order valence-corrected chi connectivity index (χ3v) is 4.63. The van der Waals surface area contributed by atoms with Gasteiger partial charge in [0.25, 0.3) is 0 Å². The monoisotopic (exact) mass is 376 g/mol. The van der Waals surface area contributed by atoms with E-state index in [1.165, 1.54) is 23.5 Å². The lowest BCUT2D eigenvalue weighted by Gasteiger charge is -2.08. The van der Waals surface area contributed by atoms with E-state index in [4.69, 9.17) is 23.2 Å². The molecule has 2 aromatic carbocycles. The molecular formula is C17H14Cl2N4S. The van der Waals surface area contributed by atoms with Gasteiger partial charge in [-0.25, -0.2) is 9.97 Å². The third-order valence-electron chi connectivity index (χ3n) is 3.51. The van der Waals surface area contributed by atoms with E-state index >= 15 is 0 Å². The van der Waals surface area contributed by atoms with Crippen LogP contribution in [0.15, 0.2) is 46.7 Å². The van der Waals surface area contributed by atoms with Crippen LogP contribution in [0.1, 0.15) is 11.1 Å². The SMILES string of the molecule is CSc1nc(Cl)c(/C=N/Nc2cccc3cccc(C)c23)c(Cl)n1. The first-order chi connectivity index (χ1) is 11.6. The van der Waals surface area contributed by atoms with Crippen molar-refractivity contribution >= 4 is 57.6 Å². The molecule has 1 N–H and O–H groups in total. The highest BCUT2D eigenvalue weighted by atomic mass is 35.5. The van der Waals surface area contributed by atoms with Crippen molar-refractivity contribution in [2.24, 2.45) is 5.10 Å². The maximum Gasteiger partial charge on any atom is 0.190 e. The first-order valence-corrected chi connectivity index (χ1v) is 9.12. The second kappa shape index (κ2) is 7.38. The first-order valence-electron chi connectivity index (χ1n) is 7.14. The van der Waals surface area contributed by atoms with E-state index in [1.54, 1.807) is 0 Å². The Labute approximate surface area is 154 Å². The van der Waals surface area contributed by atoms with Gasteiger partial charge in [0.2, 0.25) is 0 Å². The molecule has 122 valence electrons. The van der Waals surface area contributed by atoms with Crippen LogP contribution in [0.4, 0.5) is 5.69 Å². The average Bonchev–Trinajstić information content (AvgIpc) is 2.57. The Morgan fingerprint density at radius 2 is 1.75 bits per heavy atom. The van der Waals surface area contributed by atoms with E-state index in [-0.39, 0.29) is 10.3 Å². The molecule has 3 aromatic rings. The van der Waals surface area contributed by atoms with E-state index in [0.717, 1.165) is 16.5 Å². The number of nitrogens with one attached hydrogen (secondary N) is 1. The Morgan fingerprint density at radius 3 is 2.42 bits per heavy atom. The number of thioether (sulfide) groups is 1. The van der Waals surface area contributed by atoms with Crippen molar-refractivity contribution in [2.75, 3.05) is 11.7 Å². The highest BCUT2D eigenvalue weighted by Gasteiger charge is 2.09.